The summed E-state index contributed by atoms with van der Waals surface area (Å²) in [5, 5.41) is 2.91. The van der Waals surface area contributed by atoms with Gasteiger partial charge in [0.25, 0.3) is 17.3 Å². The summed E-state index contributed by atoms with van der Waals surface area (Å²) < 4.78 is 34.3. The lowest BCUT2D eigenvalue weighted by Gasteiger charge is -2.10. The van der Waals surface area contributed by atoms with Gasteiger partial charge in [-0.1, -0.05) is 12.1 Å². The summed E-state index contributed by atoms with van der Waals surface area (Å²) in [6.07, 6.45) is 1.12. The second-order valence-corrected chi connectivity index (χ2v) is 9.83. The predicted octanol–water partition coefficient (Wildman–Crippen LogP) is 1.42. The molecule has 0 bridgehead atoms. The zero-order valence-corrected chi connectivity index (χ0v) is 20.4. The van der Waals surface area contributed by atoms with Crippen molar-refractivity contribution in [1.82, 2.24) is 19.9 Å². The van der Waals surface area contributed by atoms with Crippen molar-refractivity contribution in [3.63, 3.8) is 0 Å². The van der Waals surface area contributed by atoms with Crippen LogP contribution >= 0.6 is 0 Å². The molecule has 0 aliphatic carbocycles. The molecule has 0 radical (unpaired) electrons. The smallest absolute Gasteiger partial charge is 0.334 e. The standard InChI is InChI=1S/C24H22N4O7S/c1-34-19-10-11-20(27-22(19)35-2)28-23(30)17-9-6-15(12-18(17)26-24(28)31)21(29)25-13-14-4-7-16(8-5-14)36(3,32)33/h4-12H,13H2,1-3H3,(H,25,29)(H,26,31). The molecule has 2 N–H and O–H groups in total. The number of ether oxygens (including phenoxy) is 2. The summed E-state index contributed by atoms with van der Waals surface area (Å²) in [5.41, 5.74) is -0.239. The number of carbonyl (C=O) groups is 1. The Balaban J connectivity index is 1.60. The number of rotatable bonds is 7. The van der Waals surface area contributed by atoms with Gasteiger partial charge in [-0.15, -0.1) is 0 Å². The molecule has 4 aromatic rings. The summed E-state index contributed by atoms with van der Waals surface area (Å²) >= 11 is 0. The quantitative estimate of drug-likeness (QED) is 0.379. The Bertz CT molecular complexity index is 1690. The van der Waals surface area contributed by atoms with E-state index in [4.69, 9.17) is 9.47 Å². The molecule has 2 heterocycles. The second kappa shape index (κ2) is 9.66. The molecule has 0 saturated heterocycles. The highest BCUT2D eigenvalue weighted by Crippen LogP contribution is 2.24. The Morgan fingerprint density at radius 3 is 2.39 bits per heavy atom. The molecule has 0 fully saturated rings. The van der Waals surface area contributed by atoms with E-state index >= 15 is 0 Å². The van der Waals surface area contributed by atoms with Gasteiger partial charge in [-0.05, 0) is 48.0 Å². The van der Waals surface area contributed by atoms with Crippen molar-refractivity contribution in [3.8, 4) is 17.4 Å². The molecule has 186 valence electrons. The molecule has 11 nitrogen and oxygen atoms in total. The molecule has 12 heteroatoms. The molecule has 0 aliphatic rings. The predicted molar refractivity (Wildman–Crippen MR) is 132 cm³/mol. The number of aromatic nitrogens is 3. The Morgan fingerprint density at radius 1 is 1.03 bits per heavy atom. The number of carbonyl (C=O) groups excluding carboxylic acids is 1. The van der Waals surface area contributed by atoms with Crippen LogP contribution in [0.15, 0.2) is 69.1 Å². The Hall–Kier alpha value is -4.45. The highest BCUT2D eigenvalue weighted by atomic mass is 32.2. The van der Waals surface area contributed by atoms with E-state index in [1.165, 1.54) is 56.7 Å². The molecule has 0 unspecified atom stereocenters. The maximum absolute atomic E-state index is 13.1. The highest BCUT2D eigenvalue weighted by molar-refractivity contribution is 7.90. The van der Waals surface area contributed by atoms with Gasteiger partial charge in [-0.3, -0.25) is 9.59 Å². The fourth-order valence-corrected chi connectivity index (χ4v) is 4.18. The van der Waals surface area contributed by atoms with E-state index in [9.17, 15) is 22.8 Å². The van der Waals surface area contributed by atoms with Gasteiger partial charge < -0.3 is 19.8 Å². The fraction of sp³-hybridized carbons (Fsp3) is 0.167. The maximum Gasteiger partial charge on any atom is 0.334 e. The van der Waals surface area contributed by atoms with E-state index in [1.54, 1.807) is 12.1 Å². The lowest BCUT2D eigenvalue weighted by Crippen LogP contribution is -2.34. The van der Waals surface area contributed by atoms with E-state index in [0.717, 1.165) is 10.8 Å². The minimum Gasteiger partial charge on any atom is -0.491 e. The van der Waals surface area contributed by atoms with E-state index in [0.29, 0.717) is 11.3 Å². The molecule has 0 spiro atoms. The largest absolute Gasteiger partial charge is 0.491 e. The summed E-state index contributed by atoms with van der Waals surface area (Å²) in [6.45, 7) is 0.157. The summed E-state index contributed by atoms with van der Waals surface area (Å²) in [4.78, 5) is 45.5. The van der Waals surface area contributed by atoms with Crippen LogP contribution in [0.25, 0.3) is 16.7 Å². The SMILES string of the molecule is COc1ccc(-n2c(=O)[nH]c3cc(C(=O)NCc4ccc(S(C)(=O)=O)cc4)ccc3c2=O)nc1OC. The van der Waals surface area contributed by atoms with Crippen LogP contribution in [0.2, 0.25) is 0 Å². The number of benzene rings is 2. The molecule has 1 amide bonds. The molecule has 36 heavy (non-hydrogen) atoms. The number of pyridine rings is 1. The van der Waals surface area contributed by atoms with Crippen molar-refractivity contribution >= 4 is 26.6 Å². The van der Waals surface area contributed by atoms with Crippen molar-refractivity contribution in [2.45, 2.75) is 11.4 Å². The Labute approximate surface area is 205 Å². The first-order chi connectivity index (χ1) is 17.1. The van der Waals surface area contributed by atoms with Crippen LogP contribution < -0.4 is 26.0 Å². The number of methoxy groups -OCH3 is 2. The number of amides is 1. The first-order valence-corrected chi connectivity index (χ1v) is 12.5. The van der Waals surface area contributed by atoms with Crippen molar-refractivity contribution < 1.29 is 22.7 Å². The number of fused-ring (bicyclic) bond motifs is 1. The summed E-state index contributed by atoms with van der Waals surface area (Å²) in [7, 11) is -0.480. The maximum atomic E-state index is 13.1. The molecule has 2 aromatic heterocycles. The average molecular weight is 511 g/mol. The first-order valence-electron chi connectivity index (χ1n) is 10.6. The van der Waals surface area contributed by atoms with Gasteiger partial charge in [0.15, 0.2) is 15.6 Å². The van der Waals surface area contributed by atoms with Crippen molar-refractivity contribution in [3.05, 3.63) is 86.6 Å². The Kier molecular flexibility index (Phi) is 6.62. The number of hydrogen-bond acceptors (Lipinski definition) is 8. The van der Waals surface area contributed by atoms with Gasteiger partial charge in [-0.25, -0.2) is 17.8 Å². The monoisotopic (exact) mass is 510 g/mol. The Morgan fingerprint density at radius 2 is 1.75 bits per heavy atom. The molecular formula is C24H22N4O7S. The lowest BCUT2D eigenvalue weighted by atomic mass is 10.1. The minimum atomic E-state index is -3.31. The van der Waals surface area contributed by atoms with Gasteiger partial charge in [-0.2, -0.15) is 4.98 Å². The lowest BCUT2D eigenvalue weighted by molar-refractivity contribution is 0.0951. The van der Waals surface area contributed by atoms with Crippen LogP contribution in [0, 0.1) is 0 Å². The van der Waals surface area contributed by atoms with E-state index in [2.05, 4.69) is 15.3 Å². The highest BCUT2D eigenvalue weighted by Gasteiger charge is 2.15. The van der Waals surface area contributed by atoms with Crippen LogP contribution in [-0.4, -0.2) is 49.3 Å². The number of sulfone groups is 1. The third-order valence-electron chi connectivity index (χ3n) is 5.42. The molecule has 4 rings (SSSR count). The normalized spacial score (nSPS) is 11.3. The third-order valence-corrected chi connectivity index (χ3v) is 6.55. The van der Waals surface area contributed by atoms with Crippen LogP contribution in [0.3, 0.4) is 0 Å². The molecule has 0 atom stereocenters. The number of H-pyrrole nitrogens is 1. The van der Waals surface area contributed by atoms with E-state index in [-0.39, 0.29) is 39.6 Å². The zero-order chi connectivity index (χ0) is 26.0. The second-order valence-electron chi connectivity index (χ2n) is 7.81. The number of nitrogens with one attached hydrogen (secondary N) is 2. The van der Waals surface area contributed by atoms with Crippen LogP contribution in [0.1, 0.15) is 15.9 Å². The van der Waals surface area contributed by atoms with Crippen LogP contribution in [-0.2, 0) is 16.4 Å². The van der Waals surface area contributed by atoms with Crippen molar-refractivity contribution in [2.75, 3.05) is 20.5 Å². The first kappa shape index (κ1) is 24.7. The number of hydrogen-bond donors (Lipinski definition) is 2. The third kappa shape index (κ3) is 4.84. The van der Waals surface area contributed by atoms with Gasteiger partial charge in [0.1, 0.15) is 5.82 Å². The molecule has 0 saturated carbocycles. The minimum absolute atomic E-state index is 0.0458. The van der Waals surface area contributed by atoms with Crippen molar-refractivity contribution in [1.29, 1.82) is 0 Å². The van der Waals surface area contributed by atoms with Crippen LogP contribution in [0.4, 0.5) is 0 Å². The van der Waals surface area contributed by atoms with Crippen molar-refractivity contribution in [2.24, 2.45) is 0 Å². The van der Waals surface area contributed by atoms with Gasteiger partial charge in [0.05, 0.1) is 30.0 Å². The molecule has 2 aromatic carbocycles. The van der Waals surface area contributed by atoms with E-state index in [1.807, 2.05) is 0 Å². The van der Waals surface area contributed by atoms with Crippen LogP contribution in [0.5, 0.6) is 11.6 Å². The number of aromatic amines is 1. The molecule has 0 aliphatic heterocycles. The topological polar surface area (TPSA) is 149 Å². The van der Waals surface area contributed by atoms with Gasteiger partial charge in [0.2, 0.25) is 0 Å². The average Bonchev–Trinajstić information content (AvgIpc) is 2.86. The number of nitrogens with zero attached hydrogens (tertiary/aromatic N) is 2. The molecular weight excluding hydrogens is 488 g/mol. The zero-order valence-electron chi connectivity index (χ0n) is 19.6. The summed E-state index contributed by atoms with van der Waals surface area (Å²) in [6, 6.07) is 13.5. The summed E-state index contributed by atoms with van der Waals surface area (Å²) in [5.74, 6) is 0.0630. The van der Waals surface area contributed by atoms with E-state index < -0.39 is 27.0 Å². The van der Waals surface area contributed by atoms with Gasteiger partial charge >= 0.3 is 5.69 Å². The fourth-order valence-electron chi connectivity index (χ4n) is 3.55. The van der Waals surface area contributed by atoms with Gasteiger partial charge in [0, 0.05) is 18.4 Å².